The first kappa shape index (κ1) is 13.6. The Bertz CT molecular complexity index is 459. The number of hydrogen-bond donors (Lipinski definition) is 2. The van der Waals surface area contributed by atoms with Crippen molar-refractivity contribution in [2.75, 3.05) is 38.0 Å². The van der Waals surface area contributed by atoms with Gasteiger partial charge >= 0.3 is 0 Å². The molecule has 2 aliphatic heterocycles. The fourth-order valence-corrected chi connectivity index (χ4v) is 3.31. The Morgan fingerprint density at radius 1 is 1.25 bits per heavy atom. The molecule has 0 saturated carbocycles. The van der Waals surface area contributed by atoms with Crippen LogP contribution in [0.5, 0.6) is 0 Å². The summed E-state index contributed by atoms with van der Waals surface area (Å²) in [6.07, 6.45) is 1.03. The molecule has 4 heteroatoms. The lowest BCUT2D eigenvalue weighted by atomic mass is 10.0. The molecule has 4 nitrogen and oxygen atoms in total. The summed E-state index contributed by atoms with van der Waals surface area (Å²) >= 11 is 0. The number of likely N-dealkylation sites (tertiary alicyclic amines) is 1. The van der Waals surface area contributed by atoms with Crippen molar-refractivity contribution in [1.29, 1.82) is 0 Å². The van der Waals surface area contributed by atoms with Crippen molar-refractivity contribution in [3.05, 3.63) is 29.8 Å². The molecule has 2 saturated heterocycles. The molecule has 2 aliphatic rings. The maximum atomic E-state index is 12.1. The van der Waals surface area contributed by atoms with E-state index < -0.39 is 0 Å². The first-order valence-electron chi connectivity index (χ1n) is 7.56. The first-order chi connectivity index (χ1) is 9.74. The highest BCUT2D eigenvalue weighted by Crippen LogP contribution is 2.25. The van der Waals surface area contributed by atoms with E-state index in [-0.39, 0.29) is 5.91 Å². The van der Waals surface area contributed by atoms with Crippen LogP contribution in [0.25, 0.3) is 0 Å². The molecule has 2 atom stereocenters. The molecule has 1 aromatic rings. The highest BCUT2D eigenvalue weighted by Gasteiger charge is 2.36. The minimum absolute atomic E-state index is 0.0992. The summed E-state index contributed by atoms with van der Waals surface area (Å²) in [5, 5.41) is 6.41. The second-order valence-electron chi connectivity index (χ2n) is 5.97. The van der Waals surface area contributed by atoms with Crippen LogP contribution in [-0.2, 0) is 11.2 Å². The van der Waals surface area contributed by atoms with Crippen molar-refractivity contribution in [1.82, 2.24) is 10.2 Å². The zero-order chi connectivity index (χ0) is 13.9. The van der Waals surface area contributed by atoms with Crippen LogP contribution in [0.1, 0.15) is 12.5 Å². The lowest BCUT2D eigenvalue weighted by molar-refractivity contribution is -0.117. The van der Waals surface area contributed by atoms with E-state index in [0.717, 1.165) is 50.1 Å². The number of carbonyl (C=O) groups excluding carboxylic acids is 1. The third-order valence-electron chi connectivity index (χ3n) is 4.48. The van der Waals surface area contributed by atoms with Crippen LogP contribution in [0.2, 0.25) is 0 Å². The number of aryl methyl sites for hydroxylation is 1. The predicted octanol–water partition coefficient (Wildman–Crippen LogP) is 1.34. The van der Waals surface area contributed by atoms with E-state index in [4.69, 9.17) is 0 Å². The average Bonchev–Trinajstić information content (AvgIpc) is 3.00. The Morgan fingerprint density at radius 3 is 2.50 bits per heavy atom. The molecule has 0 unspecified atom stereocenters. The molecule has 3 rings (SSSR count). The topological polar surface area (TPSA) is 44.4 Å². The van der Waals surface area contributed by atoms with Crippen molar-refractivity contribution in [2.24, 2.45) is 11.8 Å². The summed E-state index contributed by atoms with van der Waals surface area (Å²) in [7, 11) is 0. The van der Waals surface area contributed by atoms with Gasteiger partial charge in [-0.05, 0) is 49.0 Å². The van der Waals surface area contributed by atoms with E-state index in [1.807, 2.05) is 12.1 Å². The SMILES string of the molecule is CCc1ccc(NC(=O)CN2C[C@H]3CNC[C@H]3C2)cc1. The summed E-state index contributed by atoms with van der Waals surface area (Å²) in [5.41, 5.74) is 2.19. The number of amides is 1. The Hall–Kier alpha value is -1.39. The molecular formula is C16H23N3O. The number of fused-ring (bicyclic) bond motifs is 1. The Balaban J connectivity index is 1.49. The Kier molecular flexibility index (Phi) is 4.03. The number of nitrogens with one attached hydrogen (secondary N) is 2. The first-order valence-corrected chi connectivity index (χ1v) is 7.56. The molecule has 0 spiro atoms. The van der Waals surface area contributed by atoms with Crippen LogP contribution in [0, 0.1) is 11.8 Å². The second kappa shape index (κ2) is 5.94. The highest BCUT2D eigenvalue weighted by molar-refractivity contribution is 5.92. The van der Waals surface area contributed by atoms with Crippen LogP contribution in [0.4, 0.5) is 5.69 Å². The fraction of sp³-hybridized carbons (Fsp3) is 0.562. The normalized spacial score (nSPS) is 25.6. The fourth-order valence-electron chi connectivity index (χ4n) is 3.31. The lowest BCUT2D eigenvalue weighted by Gasteiger charge is -2.16. The van der Waals surface area contributed by atoms with E-state index in [0.29, 0.717) is 6.54 Å². The molecule has 108 valence electrons. The van der Waals surface area contributed by atoms with Gasteiger partial charge in [0.2, 0.25) is 5.91 Å². The van der Waals surface area contributed by atoms with Gasteiger partial charge in [0.25, 0.3) is 0 Å². The van der Waals surface area contributed by atoms with Gasteiger partial charge < -0.3 is 10.6 Å². The molecule has 1 amide bonds. The second-order valence-corrected chi connectivity index (χ2v) is 5.97. The maximum absolute atomic E-state index is 12.1. The van der Waals surface area contributed by atoms with Gasteiger partial charge in [0.1, 0.15) is 0 Å². The van der Waals surface area contributed by atoms with Crippen molar-refractivity contribution in [3.8, 4) is 0 Å². The standard InChI is InChI=1S/C16H23N3O/c1-2-12-3-5-15(6-4-12)18-16(20)11-19-9-13-7-17-8-14(13)10-19/h3-6,13-14,17H,2,7-11H2,1H3,(H,18,20)/t13-,14+. The third kappa shape index (κ3) is 3.02. The molecule has 2 heterocycles. The molecule has 0 aliphatic carbocycles. The minimum atomic E-state index is 0.0992. The summed E-state index contributed by atoms with van der Waals surface area (Å²) in [6.45, 7) is 6.98. The zero-order valence-corrected chi connectivity index (χ0v) is 12.1. The third-order valence-corrected chi connectivity index (χ3v) is 4.48. The van der Waals surface area contributed by atoms with E-state index in [1.54, 1.807) is 0 Å². The van der Waals surface area contributed by atoms with Gasteiger partial charge in [0.05, 0.1) is 6.54 Å². The average molecular weight is 273 g/mol. The Labute approximate surface area is 120 Å². The smallest absolute Gasteiger partial charge is 0.238 e. The highest BCUT2D eigenvalue weighted by atomic mass is 16.2. The van der Waals surface area contributed by atoms with Gasteiger partial charge in [-0.3, -0.25) is 9.69 Å². The van der Waals surface area contributed by atoms with Crippen molar-refractivity contribution >= 4 is 11.6 Å². The summed E-state index contributed by atoms with van der Waals surface area (Å²) < 4.78 is 0. The molecule has 1 aromatic carbocycles. The quantitative estimate of drug-likeness (QED) is 0.870. The van der Waals surface area contributed by atoms with Gasteiger partial charge in [0.15, 0.2) is 0 Å². The number of hydrogen-bond acceptors (Lipinski definition) is 3. The van der Waals surface area contributed by atoms with Crippen LogP contribution in [0.3, 0.4) is 0 Å². The lowest BCUT2D eigenvalue weighted by Crippen LogP contribution is -2.33. The van der Waals surface area contributed by atoms with E-state index in [1.165, 1.54) is 5.56 Å². The van der Waals surface area contributed by atoms with Crippen molar-refractivity contribution in [2.45, 2.75) is 13.3 Å². The largest absolute Gasteiger partial charge is 0.325 e. The van der Waals surface area contributed by atoms with Crippen molar-refractivity contribution < 1.29 is 4.79 Å². The molecular weight excluding hydrogens is 250 g/mol. The Morgan fingerprint density at radius 2 is 1.90 bits per heavy atom. The monoisotopic (exact) mass is 273 g/mol. The molecule has 20 heavy (non-hydrogen) atoms. The zero-order valence-electron chi connectivity index (χ0n) is 12.1. The van der Waals surface area contributed by atoms with E-state index in [9.17, 15) is 4.79 Å². The van der Waals surface area contributed by atoms with Crippen LogP contribution in [0.15, 0.2) is 24.3 Å². The van der Waals surface area contributed by atoms with Gasteiger partial charge in [-0.1, -0.05) is 19.1 Å². The van der Waals surface area contributed by atoms with Gasteiger partial charge in [-0.25, -0.2) is 0 Å². The van der Waals surface area contributed by atoms with Crippen LogP contribution >= 0.6 is 0 Å². The summed E-state index contributed by atoms with van der Waals surface area (Å²) in [5.74, 6) is 1.58. The number of rotatable bonds is 4. The minimum Gasteiger partial charge on any atom is -0.325 e. The number of benzene rings is 1. The van der Waals surface area contributed by atoms with Gasteiger partial charge in [-0.15, -0.1) is 0 Å². The number of nitrogens with zero attached hydrogens (tertiary/aromatic N) is 1. The summed E-state index contributed by atoms with van der Waals surface area (Å²) in [4.78, 5) is 14.4. The van der Waals surface area contributed by atoms with E-state index >= 15 is 0 Å². The number of anilines is 1. The summed E-state index contributed by atoms with van der Waals surface area (Å²) in [6, 6.07) is 8.11. The van der Waals surface area contributed by atoms with Crippen LogP contribution < -0.4 is 10.6 Å². The van der Waals surface area contributed by atoms with Gasteiger partial charge in [-0.2, -0.15) is 0 Å². The molecule has 2 N–H and O–H groups in total. The molecule has 0 aromatic heterocycles. The molecule has 2 fully saturated rings. The molecule has 0 radical (unpaired) electrons. The maximum Gasteiger partial charge on any atom is 0.238 e. The van der Waals surface area contributed by atoms with Gasteiger partial charge in [0, 0.05) is 18.8 Å². The number of carbonyl (C=O) groups is 1. The van der Waals surface area contributed by atoms with E-state index in [2.05, 4.69) is 34.6 Å². The molecule has 0 bridgehead atoms. The van der Waals surface area contributed by atoms with Crippen molar-refractivity contribution in [3.63, 3.8) is 0 Å². The van der Waals surface area contributed by atoms with Crippen LogP contribution in [-0.4, -0.2) is 43.5 Å². The predicted molar refractivity (Wildman–Crippen MR) is 80.7 cm³/mol.